The van der Waals surface area contributed by atoms with Crippen molar-refractivity contribution >= 4 is 50.8 Å². The number of anilines is 2. The van der Waals surface area contributed by atoms with Crippen molar-refractivity contribution in [2.24, 2.45) is 12.0 Å². The highest BCUT2D eigenvalue weighted by molar-refractivity contribution is 9.10. The molecule has 3 heterocycles. The van der Waals surface area contributed by atoms with Gasteiger partial charge in [-0.15, -0.1) is 0 Å². The SMILES string of the molecule is Cn1c(Nc2ccc(Br)cc2)nc2cc(Oc3ccnc(C(=O)NCCCN4C=NCC4)c3)ccc21. The molecule has 9 nitrogen and oxygen atoms in total. The normalized spacial score (nSPS) is 12.8. The number of aliphatic imine (C=N–C) groups is 1. The number of ether oxygens (including phenoxy) is 1. The quantitative estimate of drug-likeness (QED) is 0.294. The first kappa shape index (κ1) is 23.8. The first-order valence-electron chi connectivity index (χ1n) is 11.7. The van der Waals surface area contributed by atoms with Crippen LogP contribution in [0.2, 0.25) is 0 Å². The van der Waals surface area contributed by atoms with Crippen LogP contribution >= 0.6 is 15.9 Å². The Morgan fingerprint density at radius 1 is 1.11 bits per heavy atom. The molecule has 2 aromatic carbocycles. The summed E-state index contributed by atoms with van der Waals surface area (Å²) in [5.41, 5.74) is 3.03. The van der Waals surface area contributed by atoms with Crippen molar-refractivity contribution < 1.29 is 9.53 Å². The van der Waals surface area contributed by atoms with Crippen LogP contribution < -0.4 is 15.4 Å². The van der Waals surface area contributed by atoms with Crippen molar-refractivity contribution in [3.63, 3.8) is 0 Å². The fraction of sp³-hybridized carbons (Fsp3) is 0.231. The third-order valence-electron chi connectivity index (χ3n) is 5.82. The van der Waals surface area contributed by atoms with Crippen molar-refractivity contribution in [1.29, 1.82) is 0 Å². The lowest BCUT2D eigenvalue weighted by molar-refractivity contribution is 0.0947. The van der Waals surface area contributed by atoms with Gasteiger partial charge < -0.3 is 24.8 Å². The van der Waals surface area contributed by atoms with Crippen LogP contribution in [0.15, 0.2) is 70.3 Å². The van der Waals surface area contributed by atoms with Crippen LogP contribution in [0.1, 0.15) is 16.9 Å². The van der Waals surface area contributed by atoms with Gasteiger partial charge in [-0.05, 0) is 48.9 Å². The minimum Gasteiger partial charge on any atom is -0.457 e. The van der Waals surface area contributed by atoms with Crippen LogP contribution in [0, 0.1) is 0 Å². The Labute approximate surface area is 217 Å². The highest BCUT2D eigenvalue weighted by Crippen LogP contribution is 2.28. The van der Waals surface area contributed by atoms with Gasteiger partial charge in [-0.25, -0.2) is 4.98 Å². The molecule has 0 unspecified atom stereocenters. The molecule has 5 rings (SSSR count). The van der Waals surface area contributed by atoms with E-state index in [4.69, 9.17) is 9.72 Å². The molecule has 2 N–H and O–H groups in total. The fourth-order valence-corrected chi connectivity index (χ4v) is 4.18. The number of imidazole rings is 1. The number of hydrogen-bond donors (Lipinski definition) is 2. The number of nitrogens with one attached hydrogen (secondary N) is 2. The predicted octanol–water partition coefficient (Wildman–Crippen LogP) is 4.73. The molecule has 1 aliphatic rings. The number of hydrogen-bond acceptors (Lipinski definition) is 7. The molecular formula is C26H26BrN7O2. The maximum atomic E-state index is 12.5. The Hall–Kier alpha value is -3.92. The van der Waals surface area contributed by atoms with Crippen molar-refractivity contribution in [3.05, 3.63) is 71.0 Å². The predicted molar refractivity (Wildman–Crippen MR) is 144 cm³/mol. The van der Waals surface area contributed by atoms with Gasteiger partial charge in [0.25, 0.3) is 5.91 Å². The molecule has 0 saturated carbocycles. The molecule has 1 amide bonds. The van der Waals surface area contributed by atoms with E-state index in [2.05, 4.69) is 41.4 Å². The number of benzene rings is 2. The molecule has 0 fully saturated rings. The summed E-state index contributed by atoms with van der Waals surface area (Å²) < 4.78 is 9.05. The Morgan fingerprint density at radius 3 is 2.75 bits per heavy atom. The van der Waals surface area contributed by atoms with Crippen LogP contribution in [0.5, 0.6) is 11.5 Å². The number of fused-ring (bicyclic) bond motifs is 1. The van der Waals surface area contributed by atoms with Gasteiger partial charge >= 0.3 is 0 Å². The van der Waals surface area contributed by atoms with Gasteiger partial charge in [0.15, 0.2) is 0 Å². The number of rotatable bonds is 9. The molecule has 0 atom stereocenters. The van der Waals surface area contributed by atoms with E-state index in [1.54, 1.807) is 18.3 Å². The fourth-order valence-electron chi connectivity index (χ4n) is 3.91. The zero-order chi connectivity index (χ0) is 24.9. The molecule has 0 aliphatic carbocycles. The van der Waals surface area contributed by atoms with E-state index in [1.165, 1.54) is 0 Å². The summed E-state index contributed by atoms with van der Waals surface area (Å²) in [5.74, 6) is 1.66. The highest BCUT2D eigenvalue weighted by Gasteiger charge is 2.12. The Balaban J connectivity index is 1.22. The first-order chi connectivity index (χ1) is 17.5. The molecule has 184 valence electrons. The Morgan fingerprint density at radius 2 is 1.94 bits per heavy atom. The van der Waals surface area contributed by atoms with E-state index >= 15 is 0 Å². The molecule has 0 radical (unpaired) electrons. The molecule has 4 aromatic rings. The van der Waals surface area contributed by atoms with E-state index < -0.39 is 0 Å². The number of nitrogens with zero attached hydrogens (tertiary/aromatic N) is 5. The zero-order valence-electron chi connectivity index (χ0n) is 19.8. The number of aromatic nitrogens is 3. The van der Waals surface area contributed by atoms with Gasteiger partial charge in [0.05, 0.1) is 23.9 Å². The second-order valence-corrected chi connectivity index (χ2v) is 9.34. The minimum atomic E-state index is -0.223. The van der Waals surface area contributed by atoms with Gasteiger partial charge in [0.2, 0.25) is 5.95 Å². The number of pyridine rings is 1. The van der Waals surface area contributed by atoms with Crippen LogP contribution in [0.3, 0.4) is 0 Å². The average molecular weight is 548 g/mol. The zero-order valence-corrected chi connectivity index (χ0v) is 21.4. The smallest absolute Gasteiger partial charge is 0.270 e. The van der Waals surface area contributed by atoms with Gasteiger partial charge in [-0.1, -0.05) is 15.9 Å². The number of carbonyl (C=O) groups excluding carboxylic acids is 1. The third kappa shape index (κ3) is 5.65. The van der Waals surface area contributed by atoms with Crippen LogP contribution in [0.4, 0.5) is 11.6 Å². The molecule has 0 saturated heterocycles. The van der Waals surface area contributed by atoms with Crippen molar-refractivity contribution in [2.75, 3.05) is 31.5 Å². The maximum Gasteiger partial charge on any atom is 0.270 e. The summed E-state index contributed by atoms with van der Waals surface area (Å²) in [4.78, 5) is 27.8. The summed E-state index contributed by atoms with van der Waals surface area (Å²) in [6, 6.07) is 17.0. The molecule has 36 heavy (non-hydrogen) atoms. The van der Waals surface area contributed by atoms with Crippen LogP contribution in [-0.4, -0.2) is 57.9 Å². The lowest BCUT2D eigenvalue weighted by Gasteiger charge is -2.13. The molecule has 2 aromatic heterocycles. The highest BCUT2D eigenvalue weighted by atomic mass is 79.9. The molecule has 0 bridgehead atoms. The molecule has 0 spiro atoms. The van der Waals surface area contributed by atoms with E-state index in [1.807, 2.05) is 60.4 Å². The van der Waals surface area contributed by atoms with Crippen LogP contribution in [0.25, 0.3) is 11.0 Å². The third-order valence-corrected chi connectivity index (χ3v) is 6.35. The second-order valence-electron chi connectivity index (χ2n) is 8.42. The van der Waals surface area contributed by atoms with Gasteiger partial charge in [-0.3, -0.25) is 14.8 Å². The van der Waals surface area contributed by atoms with Crippen LogP contribution in [-0.2, 0) is 7.05 Å². The van der Waals surface area contributed by atoms with Gasteiger partial charge in [0.1, 0.15) is 17.2 Å². The van der Waals surface area contributed by atoms with E-state index in [-0.39, 0.29) is 5.91 Å². The van der Waals surface area contributed by atoms with E-state index in [0.29, 0.717) is 23.7 Å². The summed E-state index contributed by atoms with van der Waals surface area (Å²) in [5, 5.41) is 6.26. The Kier molecular flexibility index (Phi) is 7.13. The number of aryl methyl sites for hydroxylation is 1. The topological polar surface area (TPSA) is 96.7 Å². The summed E-state index contributed by atoms with van der Waals surface area (Å²) >= 11 is 3.45. The van der Waals surface area contributed by atoms with Gasteiger partial charge in [-0.2, -0.15) is 0 Å². The Bertz CT molecular complexity index is 1400. The number of carbonyl (C=O) groups is 1. The summed E-state index contributed by atoms with van der Waals surface area (Å²) in [6.45, 7) is 3.24. The number of amides is 1. The maximum absolute atomic E-state index is 12.5. The molecular weight excluding hydrogens is 522 g/mol. The van der Waals surface area contributed by atoms with Gasteiger partial charge in [0, 0.05) is 55.2 Å². The van der Waals surface area contributed by atoms with Crippen molar-refractivity contribution in [3.8, 4) is 11.5 Å². The molecule has 1 aliphatic heterocycles. The average Bonchev–Trinajstić information content (AvgIpc) is 3.51. The summed E-state index contributed by atoms with van der Waals surface area (Å²) in [7, 11) is 1.96. The molecule has 10 heteroatoms. The lowest BCUT2D eigenvalue weighted by Crippen LogP contribution is -2.29. The lowest BCUT2D eigenvalue weighted by atomic mass is 10.3. The van der Waals surface area contributed by atoms with E-state index in [9.17, 15) is 4.79 Å². The van der Waals surface area contributed by atoms with Crippen molar-refractivity contribution in [1.82, 2.24) is 24.8 Å². The monoisotopic (exact) mass is 547 g/mol. The number of halogens is 1. The minimum absolute atomic E-state index is 0.223. The largest absolute Gasteiger partial charge is 0.457 e. The first-order valence-corrected chi connectivity index (χ1v) is 12.5. The van der Waals surface area contributed by atoms with Crippen molar-refractivity contribution in [2.45, 2.75) is 6.42 Å². The van der Waals surface area contributed by atoms with E-state index in [0.717, 1.165) is 53.2 Å². The standard InChI is InChI=1S/C26H26BrN7O2/c1-33-24-8-7-20(15-22(24)32-26(33)31-19-5-3-18(27)4-6-19)36-21-9-11-29-23(16-21)25(35)30-10-2-13-34-14-12-28-17-34/h3-9,11,15-17H,2,10,12-14H2,1H3,(H,30,35)(H,31,32). The second kappa shape index (κ2) is 10.8. The summed E-state index contributed by atoms with van der Waals surface area (Å²) in [6.07, 6.45) is 4.29.